The highest BCUT2D eigenvalue weighted by Gasteiger charge is 2.12. The molecule has 1 heteroatoms. The first-order valence-electron chi connectivity index (χ1n) is 8.35. The summed E-state index contributed by atoms with van der Waals surface area (Å²) in [6.45, 7) is 7.98. The second kappa shape index (κ2) is 8.07. The Morgan fingerprint density at radius 3 is 2.43 bits per heavy atom. The average Bonchev–Trinajstić information content (AvgIpc) is 2.54. The van der Waals surface area contributed by atoms with E-state index in [1.54, 1.807) is 0 Å². The lowest BCUT2D eigenvalue weighted by Gasteiger charge is -2.21. The van der Waals surface area contributed by atoms with Gasteiger partial charge in [0.2, 0.25) is 0 Å². The number of aryl methyl sites for hydroxylation is 1. The van der Waals surface area contributed by atoms with E-state index >= 15 is 0 Å². The molecule has 1 N–H and O–H groups in total. The number of benzene rings is 1. The van der Waals surface area contributed by atoms with Gasteiger partial charge in [0.15, 0.2) is 0 Å². The molecule has 1 aromatic carbocycles. The van der Waals surface area contributed by atoms with E-state index in [2.05, 4.69) is 50.0 Å². The summed E-state index contributed by atoms with van der Waals surface area (Å²) < 4.78 is 0. The predicted octanol–water partition coefficient (Wildman–Crippen LogP) is 6.09. The molecule has 0 radical (unpaired) electrons. The third-order valence-corrected chi connectivity index (χ3v) is 4.75. The Hall–Kier alpha value is -1.50. The summed E-state index contributed by atoms with van der Waals surface area (Å²) in [6.07, 6.45) is 11.7. The third-order valence-electron chi connectivity index (χ3n) is 4.75. The van der Waals surface area contributed by atoms with E-state index in [0.717, 1.165) is 11.6 Å². The summed E-state index contributed by atoms with van der Waals surface area (Å²) in [4.78, 5) is 0. The molecule has 0 spiro atoms. The van der Waals surface area contributed by atoms with Crippen LogP contribution in [0.25, 0.3) is 0 Å². The van der Waals surface area contributed by atoms with Gasteiger partial charge in [-0.25, -0.2) is 0 Å². The van der Waals surface area contributed by atoms with Crippen LogP contribution in [0.1, 0.15) is 57.9 Å². The first-order valence-corrected chi connectivity index (χ1v) is 8.35. The van der Waals surface area contributed by atoms with Crippen molar-refractivity contribution >= 4 is 5.69 Å². The molecule has 1 nitrogen and oxygen atoms in total. The molecular formula is C20H29N. The Morgan fingerprint density at radius 1 is 1.14 bits per heavy atom. The van der Waals surface area contributed by atoms with Crippen LogP contribution in [0.3, 0.4) is 0 Å². The zero-order valence-electron chi connectivity index (χ0n) is 13.6. The van der Waals surface area contributed by atoms with Crippen molar-refractivity contribution < 1.29 is 0 Å². The third kappa shape index (κ3) is 5.08. The first kappa shape index (κ1) is 15.9. The van der Waals surface area contributed by atoms with Gasteiger partial charge in [0.1, 0.15) is 0 Å². The van der Waals surface area contributed by atoms with Crippen molar-refractivity contribution in [3.8, 4) is 0 Å². The summed E-state index contributed by atoms with van der Waals surface area (Å²) in [5.41, 5.74) is 4.99. The maximum absolute atomic E-state index is 3.81. The first-order chi connectivity index (χ1) is 10.2. The van der Waals surface area contributed by atoms with Gasteiger partial charge >= 0.3 is 0 Å². The molecule has 0 aromatic heterocycles. The monoisotopic (exact) mass is 283 g/mol. The SMILES string of the molecule is C=C/C(C)=C(/C)Nc1ccc(CCC2CCCCC2)cc1. The highest BCUT2D eigenvalue weighted by molar-refractivity contribution is 5.50. The zero-order valence-corrected chi connectivity index (χ0v) is 13.6. The standard InChI is InChI=1S/C20H29N/c1-4-16(2)17(3)21-20-14-12-19(13-15-20)11-10-18-8-6-5-7-9-18/h4,12-15,18,21H,1,5-11H2,2-3H3/b17-16-. The summed E-state index contributed by atoms with van der Waals surface area (Å²) in [7, 11) is 0. The van der Waals surface area contributed by atoms with Crippen molar-refractivity contribution in [2.24, 2.45) is 5.92 Å². The smallest absolute Gasteiger partial charge is 0.0381 e. The van der Waals surface area contributed by atoms with E-state index in [0.29, 0.717) is 0 Å². The van der Waals surface area contributed by atoms with Crippen LogP contribution in [-0.4, -0.2) is 0 Å². The normalized spacial score (nSPS) is 17.2. The van der Waals surface area contributed by atoms with Gasteiger partial charge in [-0.2, -0.15) is 0 Å². The molecule has 0 saturated heterocycles. The van der Waals surface area contributed by atoms with Crippen LogP contribution in [0, 0.1) is 5.92 Å². The minimum Gasteiger partial charge on any atom is -0.359 e. The lowest BCUT2D eigenvalue weighted by molar-refractivity contribution is 0.339. The molecule has 2 rings (SSSR count). The number of rotatable bonds is 6. The fraction of sp³-hybridized carbons (Fsp3) is 0.500. The molecule has 1 aliphatic carbocycles. The maximum Gasteiger partial charge on any atom is 0.0381 e. The fourth-order valence-corrected chi connectivity index (χ4v) is 3.07. The summed E-state index contributed by atoms with van der Waals surface area (Å²) >= 11 is 0. The van der Waals surface area contributed by atoms with Crippen molar-refractivity contribution in [3.63, 3.8) is 0 Å². The Bertz CT molecular complexity index is 475. The summed E-state index contributed by atoms with van der Waals surface area (Å²) in [5, 5.41) is 3.43. The fourth-order valence-electron chi connectivity index (χ4n) is 3.07. The van der Waals surface area contributed by atoms with E-state index in [1.165, 1.54) is 61.8 Å². The lowest BCUT2D eigenvalue weighted by atomic mass is 9.85. The largest absolute Gasteiger partial charge is 0.359 e. The molecular weight excluding hydrogens is 254 g/mol. The number of allylic oxidation sites excluding steroid dienone is 3. The van der Waals surface area contributed by atoms with E-state index in [9.17, 15) is 0 Å². The van der Waals surface area contributed by atoms with E-state index < -0.39 is 0 Å². The van der Waals surface area contributed by atoms with Crippen LogP contribution in [0.2, 0.25) is 0 Å². The predicted molar refractivity (Wildman–Crippen MR) is 93.5 cm³/mol. The van der Waals surface area contributed by atoms with Crippen LogP contribution < -0.4 is 5.32 Å². The molecule has 0 amide bonds. The minimum absolute atomic E-state index is 0.969. The average molecular weight is 283 g/mol. The van der Waals surface area contributed by atoms with Gasteiger partial charge in [-0.1, -0.05) is 56.9 Å². The second-order valence-electron chi connectivity index (χ2n) is 6.38. The van der Waals surface area contributed by atoms with E-state index in [4.69, 9.17) is 0 Å². The van der Waals surface area contributed by atoms with E-state index in [-0.39, 0.29) is 0 Å². The number of hydrogen-bond donors (Lipinski definition) is 1. The van der Waals surface area contributed by atoms with Gasteiger partial charge in [-0.15, -0.1) is 0 Å². The minimum atomic E-state index is 0.969. The molecule has 0 heterocycles. The van der Waals surface area contributed by atoms with Gasteiger partial charge in [0, 0.05) is 11.4 Å². The van der Waals surface area contributed by atoms with E-state index in [1.807, 2.05) is 6.08 Å². The van der Waals surface area contributed by atoms with Gasteiger partial charge in [0.25, 0.3) is 0 Å². The van der Waals surface area contributed by atoms with Crippen LogP contribution in [0.4, 0.5) is 5.69 Å². The van der Waals surface area contributed by atoms with Crippen LogP contribution in [-0.2, 0) is 6.42 Å². The number of nitrogens with one attached hydrogen (secondary N) is 1. The molecule has 0 unspecified atom stereocenters. The Labute approximate surface area is 130 Å². The molecule has 0 atom stereocenters. The molecule has 1 aromatic rings. The van der Waals surface area contributed by atoms with Crippen molar-refractivity contribution in [3.05, 3.63) is 53.8 Å². The van der Waals surface area contributed by atoms with Gasteiger partial charge in [-0.3, -0.25) is 0 Å². The van der Waals surface area contributed by atoms with Gasteiger partial charge in [-0.05, 0) is 55.9 Å². The molecule has 0 bridgehead atoms. The topological polar surface area (TPSA) is 12.0 Å². The quantitative estimate of drug-likeness (QED) is 0.623. The molecule has 1 aliphatic rings. The highest BCUT2D eigenvalue weighted by atomic mass is 14.9. The molecule has 1 fully saturated rings. The molecule has 1 saturated carbocycles. The van der Waals surface area contributed by atoms with Crippen LogP contribution in [0.15, 0.2) is 48.2 Å². The molecule has 21 heavy (non-hydrogen) atoms. The Balaban J connectivity index is 1.85. The van der Waals surface area contributed by atoms with Crippen molar-refractivity contribution in [1.29, 1.82) is 0 Å². The Morgan fingerprint density at radius 2 is 1.81 bits per heavy atom. The lowest BCUT2D eigenvalue weighted by Crippen LogP contribution is -2.07. The molecule has 114 valence electrons. The highest BCUT2D eigenvalue weighted by Crippen LogP contribution is 2.27. The van der Waals surface area contributed by atoms with Crippen molar-refractivity contribution in [2.75, 3.05) is 5.32 Å². The van der Waals surface area contributed by atoms with Crippen molar-refractivity contribution in [1.82, 2.24) is 0 Å². The van der Waals surface area contributed by atoms with Crippen molar-refractivity contribution in [2.45, 2.75) is 58.8 Å². The zero-order chi connectivity index (χ0) is 15.1. The second-order valence-corrected chi connectivity index (χ2v) is 6.38. The number of anilines is 1. The van der Waals surface area contributed by atoms with Gasteiger partial charge in [0.05, 0.1) is 0 Å². The van der Waals surface area contributed by atoms with Gasteiger partial charge < -0.3 is 5.32 Å². The Kier molecular flexibility index (Phi) is 6.10. The summed E-state index contributed by atoms with van der Waals surface area (Å²) in [6, 6.07) is 8.91. The van der Waals surface area contributed by atoms with Crippen LogP contribution in [0.5, 0.6) is 0 Å². The maximum atomic E-state index is 3.81. The van der Waals surface area contributed by atoms with Crippen LogP contribution >= 0.6 is 0 Å². The molecule has 0 aliphatic heterocycles. The summed E-state index contributed by atoms with van der Waals surface area (Å²) in [5.74, 6) is 0.969. The number of hydrogen-bond acceptors (Lipinski definition) is 1.